The Morgan fingerprint density at radius 1 is 0.709 bits per heavy atom. The van der Waals surface area contributed by atoms with Crippen LogP contribution < -0.4 is 10.2 Å². The first-order chi connectivity index (χ1) is 26.2. The van der Waals surface area contributed by atoms with Crippen LogP contribution in [0.3, 0.4) is 0 Å². The van der Waals surface area contributed by atoms with E-state index >= 15 is 0 Å². The lowest BCUT2D eigenvalue weighted by atomic mass is 10.1. The molecule has 2 atom stereocenters. The highest BCUT2D eigenvalue weighted by molar-refractivity contribution is 9.09. The van der Waals surface area contributed by atoms with E-state index in [1.54, 1.807) is 12.1 Å². The minimum atomic E-state index is 0.376. The standard InChI is InChI=1S/C21H24Cl2N4.C17H16Cl2N4.C4H9Br/c1-5-15-10-26-11-17(16-7-6-14(22)8-18(16)23)19-20(26)21(25-13(4)24-19)27(15)9-12(2)3;1-3-11-7-23-8-13(12-5-4-10(18)6-14(12)19)15-16(23)17(22-11)21-9(2)20-15;1-4(2)3-5/h6-8,11-12,15H,5,9-10H2,1-4H3;4-6,8,11H,3,7H2,1-2H3,(H,20,21,22);4H,3H2,1-2H3. The highest BCUT2D eigenvalue weighted by atomic mass is 79.9. The third-order valence-electron chi connectivity index (χ3n) is 9.78. The monoisotopic (exact) mass is 884 g/mol. The van der Waals surface area contributed by atoms with Gasteiger partial charge in [0.05, 0.1) is 10.0 Å². The molecule has 6 aromatic rings. The first kappa shape index (κ1) is 41.6. The van der Waals surface area contributed by atoms with Crippen molar-refractivity contribution in [2.75, 3.05) is 22.1 Å². The van der Waals surface area contributed by atoms with Gasteiger partial charge in [-0.1, -0.05) is 116 Å². The third kappa shape index (κ3) is 8.91. The number of hydrogen-bond donors (Lipinski definition) is 1. The van der Waals surface area contributed by atoms with Crippen LogP contribution in [0, 0.1) is 25.7 Å². The Labute approximate surface area is 353 Å². The summed E-state index contributed by atoms with van der Waals surface area (Å²) < 4.78 is 4.53. The van der Waals surface area contributed by atoms with Crippen molar-refractivity contribution < 1.29 is 0 Å². The van der Waals surface area contributed by atoms with Crippen LogP contribution in [0.15, 0.2) is 48.8 Å². The molecular weight excluding hydrogens is 838 g/mol. The number of nitrogens with zero attached hydrogens (tertiary/aromatic N) is 7. The van der Waals surface area contributed by atoms with Gasteiger partial charge in [-0.25, -0.2) is 19.9 Å². The van der Waals surface area contributed by atoms with Gasteiger partial charge in [0.1, 0.15) is 33.7 Å². The molecule has 55 heavy (non-hydrogen) atoms. The first-order valence-corrected chi connectivity index (χ1v) is 21.6. The second kappa shape index (κ2) is 17.6. The number of aromatic nitrogens is 6. The Balaban J connectivity index is 0.000000168. The van der Waals surface area contributed by atoms with Crippen molar-refractivity contribution in [2.24, 2.45) is 11.8 Å². The van der Waals surface area contributed by atoms with E-state index in [9.17, 15) is 0 Å². The predicted octanol–water partition coefficient (Wildman–Crippen LogP) is 12.9. The van der Waals surface area contributed by atoms with Crippen LogP contribution in [-0.2, 0) is 13.1 Å². The molecule has 2 aliphatic rings. The van der Waals surface area contributed by atoms with Gasteiger partial charge in [0.2, 0.25) is 0 Å². The Bertz CT molecular complexity index is 2320. The average Bonchev–Trinajstić information content (AvgIpc) is 3.68. The quantitative estimate of drug-likeness (QED) is 0.161. The van der Waals surface area contributed by atoms with Gasteiger partial charge in [-0.15, -0.1) is 0 Å². The topological polar surface area (TPSA) is 76.7 Å². The Morgan fingerprint density at radius 3 is 1.73 bits per heavy atom. The van der Waals surface area contributed by atoms with Gasteiger partial charge in [0.15, 0.2) is 11.6 Å². The maximum absolute atomic E-state index is 6.52. The van der Waals surface area contributed by atoms with Gasteiger partial charge in [-0.3, -0.25) is 0 Å². The first-order valence-electron chi connectivity index (χ1n) is 19.0. The van der Waals surface area contributed by atoms with Crippen LogP contribution in [0.25, 0.3) is 44.3 Å². The lowest BCUT2D eigenvalue weighted by Gasteiger charge is -2.38. The van der Waals surface area contributed by atoms with Crippen molar-refractivity contribution in [2.45, 2.75) is 93.4 Å². The van der Waals surface area contributed by atoms with Gasteiger partial charge >= 0.3 is 0 Å². The summed E-state index contributed by atoms with van der Waals surface area (Å²) in [4.78, 5) is 21.4. The summed E-state index contributed by atoms with van der Waals surface area (Å²) in [5, 5.41) is 7.18. The molecule has 4 aromatic heterocycles. The Kier molecular flexibility index (Phi) is 13.3. The number of rotatable bonds is 7. The zero-order chi connectivity index (χ0) is 39.7. The molecule has 8 nitrogen and oxygen atoms in total. The van der Waals surface area contributed by atoms with Crippen LogP contribution in [0.2, 0.25) is 20.1 Å². The SMILES string of the molecule is CC(C)CBr.CCC1Cn2cc(-c3ccc(Cl)cc3Cl)c3nc(C)nc(c32)N1.CCC1Cn2cc(-c3ccc(Cl)cc3Cl)c3nc(C)nc(c32)N1CC(C)C. The maximum Gasteiger partial charge on any atom is 0.157 e. The van der Waals surface area contributed by atoms with Crippen LogP contribution in [0.4, 0.5) is 11.6 Å². The van der Waals surface area contributed by atoms with Gasteiger partial charge in [0, 0.05) is 81.7 Å². The van der Waals surface area contributed by atoms with Gasteiger partial charge in [-0.05, 0) is 62.8 Å². The molecule has 0 bridgehead atoms. The van der Waals surface area contributed by atoms with E-state index in [-0.39, 0.29) is 0 Å². The molecule has 0 saturated carbocycles. The van der Waals surface area contributed by atoms with Gasteiger partial charge < -0.3 is 19.4 Å². The van der Waals surface area contributed by atoms with E-state index in [0.717, 1.165) is 111 Å². The average molecular weight is 888 g/mol. The molecule has 2 aromatic carbocycles. The van der Waals surface area contributed by atoms with Crippen molar-refractivity contribution in [3.05, 3.63) is 80.5 Å². The third-order valence-corrected chi connectivity index (χ3v) is 12.2. The molecule has 1 N–H and O–H groups in total. The minimum absolute atomic E-state index is 0.376. The van der Waals surface area contributed by atoms with Crippen LogP contribution >= 0.6 is 62.3 Å². The number of hydrogen-bond acceptors (Lipinski definition) is 6. The molecule has 13 heteroatoms. The van der Waals surface area contributed by atoms with Crippen molar-refractivity contribution in [1.29, 1.82) is 0 Å². The molecule has 0 aliphatic carbocycles. The van der Waals surface area contributed by atoms with E-state index in [1.165, 1.54) is 0 Å². The molecule has 0 fully saturated rings. The summed E-state index contributed by atoms with van der Waals surface area (Å²) in [6, 6.07) is 12.0. The number of benzene rings is 2. The van der Waals surface area contributed by atoms with Crippen molar-refractivity contribution >= 4 is 96.0 Å². The highest BCUT2D eigenvalue weighted by Gasteiger charge is 2.31. The molecular formula is C42H49BrCl4N8. The van der Waals surface area contributed by atoms with Crippen LogP contribution in [0.1, 0.15) is 66.0 Å². The summed E-state index contributed by atoms with van der Waals surface area (Å²) in [6.45, 7) is 20.0. The lowest BCUT2D eigenvalue weighted by molar-refractivity contribution is 0.454. The molecule has 292 valence electrons. The maximum atomic E-state index is 6.52. The van der Waals surface area contributed by atoms with E-state index in [4.69, 9.17) is 56.4 Å². The highest BCUT2D eigenvalue weighted by Crippen LogP contribution is 2.42. The molecule has 0 saturated heterocycles. The second-order valence-corrected chi connectivity index (χ2v) is 17.5. The number of halogens is 5. The number of aryl methyl sites for hydroxylation is 2. The zero-order valence-electron chi connectivity index (χ0n) is 32.7. The number of anilines is 2. The summed E-state index contributed by atoms with van der Waals surface area (Å²) in [6.07, 6.45) is 6.42. The summed E-state index contributed by atoms with van der Waals surface area (Å²) in [5.41, 5.74) is 8.00. The Hall–Kier alpha value is -3.08. The second-order valence-electron chi connectivity index (χ2n) is 15.2. The van der Waals surface area contributed by atoms with Crippen molar-refractivity contribution in [1.82, 2.24) is 29.1 Å². The lowest BCUT2D eigenvalue weighted by Crippen LogP contribution is -2.43. The van der Waals surface area contributed by atoms with Crippen molar-refractivity contribution in [3.8, 4) is 22.3 Å². The largest absolute Gasteiger partial charge is 0.364 e. The fourth-order valence-electron chi connectivity index (χ4n) is 7.18. The zero-order valence-corrected chi connectivity index (χ0v) is 37.3. The number of nitrogens with one attached hydrogen (secondary N) is 1. The van der Waals surface area contributed by atoms with Gasteiger partial charge in [0.25, 0.3) is 0 Å². The molecule has 8 rings (SSSR count). The summed E-state index contributed by atoms with van der Waals surface area (Å²) in [7, 11) is 0. The normalized spacial score (nSPS) is 15.9. The fourth-order valence-corrected chi connectivity index (χ4v) is 8.20. The molecule has 6 heterocycles. The smallest absolute Gasteiger partial charge is 0.157 e. The molecule has 0 amide bonds. The summed E-state index contributed by atoms with van der Waals surface area (Å²) >= 11 is 28.4. The van der Waals surface area contributed by atoms with E-state index in [1.807, 2.05) is 38.1 Å². The summed E-state index contributed by atoms with van der Waals surface area (Å²) in [5.74, 6) is 4.85. The van der Waals surface area contributed by atoms with Crippen LogP contribution in [0.5, 0.6) is 0 Å². The molecule has 0 radical (unpaired) electrons. The minimum Gasteiger partial charge on any atom is -0.364 e. The number of alkyl halides is 1. The molecule has 2 unspecified atom stereocenters. The van der Waals surface area contributed by atoms with E-state index in [0.29, 0.717) is 38.1 Å². The van der Waals surface area contributed by atoms with Crippen LogP contribution in [-0.4, -0.2) is 53.0 Å². The van der Waals surface area contributed by atoms with E-state index in [2.05, 4.69) is 99.2 Å². The predicted molar refractivity (Wildman–Crippen MR) is 238 cm³/mol. The molecule has 0 spiro atoms. The van der Waals surface area contributed by atoms with E-state index < -0.39 is 0 Å². The molecule has 2 aliphatic heterocycles. The Morgan fingerprint density at radius 2 is 1.24 bits per heavy atom. The fraction of sp³-hybridized carbons (Fsp3) is 0.429. The van der Waals surface area contributed by atoms with Gasteiger partial charge in [-0.2, -0.15) is 0 Å². The van der Waals surface area contributed by atoms with Crippen molar-refractivity contribution in [3.63, 3.8) is 0 Å².